The lowest BCUT2D eigenvalue weighted by atomic mass is 10.0. The van der Waals surface area contributed by atoms with Crippen LogP contribution >= 0.6 is 0 Å². The topological polar surface area (TPSA) is 78.9 Å². The first-order chi connectivity index (χ1) is 40.5. The van der Waals surface area contributed by atoms with Gasteiger partial charge in [0.2, 0.25) is 0 Å². The van der Waals surface area contributed by atoms with E-state index >= 15 is 0 Å². The van der Waals surface area contributed by atoms with Gasteiger partial charge >= 0.3 is 17.9 Å². The van der Waals surface area contributed by atoms with Crippen molar-refractivity contribution >= 4 is 17.9 Å². The Morgan fingerprint density at radius 2 is 0.329 bits per heavy atom. The fourth-order valence-corrected chi connectivity index (χ4v) is 12.2. The van der Waals surface area contributed by atoms with Gasteiger partial charge in [-0.1, -0.05) is 412 Å². The highest BCUT2D eigenvalue weighted by Gasteiger charge is 2.20. The molecule has 0 saturated heterocycles. The SMILES string of the molecule is CCCCCCCCCCCCCCCCCCCCCCCCCCCC(=O)OCC(COC(=O)CCCCCCCCCCCCCCCCCC)OC(=O)CCCCCCCCCCCCCCCCCCCCCCCCC. The molecule has 0 spiro atoms. The van der Waals surface area contributed by atoms with Crippen molar-refractivity contribution < 1.29 is 28.6 Å². The number of esters is 3. The van der Waals surface area contributed by atoms with Crippen molar-refractivity contribution in [2.45, 2.75) is 457 Å². The molecular weight excluding hydrogens is 1010 g/mol. The van der Waals surface area contributed by atoms with Gasteiger partial charge in [0.1, 0.15) is 13.2 Å². The van der Waals surface area contributed by atoms with Crippen LogP contribution in [0.5, 0.6) is 0 Å². The average molecular weight is 1160 g/mol. The van der Waals surface area contributed by atoms with E-state index < -0.39 is 6.10 Å². The Hall–Kier alpha value is -1.59. The largest absolute Gasteiger partial charge is 0.462 e. The molecule has 0 rings (SSSR count). The Morgan fingerprint density at radius 1 is 0.195 bits per heavy atom. The predicted molar refractivity (Wildman–Crippen MR) is 358 cm³/mol. The van der Waals surface area contributed by atoms with Gasteiger partial charge < -0.3 is 14.2 Å². The highest BCUT2D eigenvalue weighted by Crippen LogP contribution is 2.20. The van der Waals surface area contributed by atoms with Crippen molar-refractivity contribution in [1.29, 1.82) is 0 Å². The number of ether oxygens (including phenoxy) is 3. The Bertz CT molecular complexity index is 1240. The van der Waals surface area contributed by atoms with Crippen molar-refractivity contribution in [2.75, 3.05) is 13.2 Å². The minimum atomic E-state index is -0.764. The molecule has 0 radical (unpaired) electrons. The van der Waals surface area contributed by atoms with Gasteiger partial charge in [0, 0.05) is 19.3 Å². The summed E-state index contributed by atoms with van der Waals surface area (Å²) in [6.45, 7) is 6.76. The van der Waals surface area contributed by atoms with Crippen LogP contribution in [0.15, 0.2) is 0 Å². The molecule has 488 valence electrons. The quantitative estimate of drug-likeness (QED) is 0.0343. The van der Waals surface area contributed by atoms with E-state index in [4.69, 9.17) is 14.2 Å². The van der Waals surface area contributed by atoms with Gasteiger partial charge in [-0.05, 0) is 19.3 Å². The van der Waals surface area contributed by atoms with Crippen LogP contribution in [-0.4, -0.2) is 37.2 Å². The summed E-state index contributed by atoms with van der Waals surface area (Å²) in [5, 5.41) is 0. The summed E-state index contributed by atoms with van der Waals surface area (Å²) in [6, 6.07) is 0. The van der Waals surface area contributed by atoms with Crippen molar-refractivity contribution in [1.82, 2.24) is 0 Å². The van der Waals surface area contributed by atoms with E-state index in [1.54, 1.807) is 0 Å². The third-order valence-corrected chi connectivity index (χ3v) is 17.9. The summed E-state index contributed by atoms with van der Waals surface area (Å²) in [5.74, 6) is -0.814. The van der Waals surface area contributed by atoms with Crippen molar-refractivity contribution in [3.8, 4) is 0 Å². The standard InChI is InChI=1S/C76H148O6/c1-4-7-10-13-16-19-22-25-28-31-33-35-37-38-40-41-43-45-48-51-54-57-60-63-66-69-75(78)81-72-73(71-80-74(77)68-65-62-59-56-53-50-47-30-27-24-21-18-15-12-9-6-3)82-76(79)70-67-64-61-58-55-52-49-46-44-42-39-36-34-32-29-26-23-20-17-14-11-8-5-2/h73H,4-72H2,1-3H3. The maximum Gasteiger partial charge on any atom is 0.306 e. The van der Waals surface area contributed by atoms with Crippen LogP contribution in [0.4, 0.5) is 0 Å². The molecule has 0 N–H and O–H groups in total. The summed E-state index contributed by atoms with van der Waals surface area (Å²) >= 11 is 0. The van der Waals surface area contributed by atoms with Gasteiger partial charge in [-0.3, -0.25) is 14.4 Å². The Morgan fingerprint density at radius 3 is 0.488 bits per heavy atom. The third kappa shape index (κ3) is 69.2. The fraction of sp³-hybridized carbons (Fsp3) is 0.961. The molecule has 82 heavy (non-hydrogen) atoms. The second-order valence-corrected chi connectivity index (χ2v) is 26.3. The van der Waals surface area contributed by atoms with E-state index in [0.29, 0.717) is 19.3 Å². The zero-order valence-electron chi connectivity index (χ0n) is 56.3. The minimum Gasteiger partial charge on any atom is -0.462 e. The lowest BCUT2D eigenvalue weighted by molar-refractivity contribution is -0.167. The molecule has 0 aliphatic carbocycles. The van der Waals surface area contributed by atoms with Gasteiger partial charge in [0.05, 0.1) is 0 Å². The molecule has 6 nitrogen and oxygen atoms in total. The lowest BCUT2D eigenvalue weighted by Gasteiger charge is -2.18. The van der Waals surface area contributed by atoms with E-state index in [2.05, 4.69) is 20.8 Å². The van der Waals surface area contributed by atoms with Gasteiger partial charge in [0.15, 0.2) is 6.10 Å². The van der Waals surface area contributed by atoms with Crippen LogP contribution in [-0.2, 0) is 28.6 Å². The van der Waals surface area contributed by atoms with Gasteiger partial charge in [-0.25, -0.2) is 0 Å². The highest BCUT2D eigenvalue weighted by molar-refractivity contribution is 5.71. The molecule has 0 heterocycles. The summed E-state index contributed by atoms with van der Waals surface area (Å²) in [4.78, 5) is 38.5. The van der Waals surface area contributed by atoms with Crippen LogP contribution in [0, 0.1) is 0 Å². The number of hydrogen-bond donors (Lipinski definition) is 0. The zero-order valence-corrected chi connectivity index (χ0v) is 56.3. The molecule has 0 aromatic rings. The molecule has 0 saturated carbocycles. The second-order valence-electron chi connectivity index (χ2n) is 26.3. The maximum atomic E-state index is 13.0. The third-order valence-electron chi connectivity index (χ3n) is 17.9. The van der Waals surface area contributed by atoms with Crippen LogP contribution in [0.3, 0.4) is 0 Å². The second kappa shape index (κ2) is 71.9. The number of carbonyl (C=O) groups is 3. The van der Waals surface area contributed by atoms with Crippen LogP contribution in [0.2, 0.25) is 0 Å². The Kier molecular flexibility index (Phi) is 70.5. The summed E-state index contributed by atoms with van der Waals surface area (Å²) in [7, 11) is 0. The molecule has 0 aliphatic rings. The number of rotatable bonds is 72. The average Bonchev–Trinajstić information content (AvgIpc) is 3.47. The summed E-state index contributed by atoms with van der Waals surface area (Å²) in [6.07, 6.45) is 85.8. The first-order valence-electron chi connectivity index (χ1n) is 38.0. The van der Waals surface area contributed by atoms with Gasteiger partial charge in [0.25, 0.3) is 0 Å². The molecule has 0 aliphatic heterocycles. The monoisotopic (exact) mass is 1160 g/mol. The number of hydrogen-bond acceptors (Lipinski definition) is 6. The van der Waals surface area contributed by atoms with Crippen molar-refractivity contribution in [2.24, 2.45) is 0 Å². The van der Waals surface area contributed by atoms with Crippen LogP contribution in [0.25, 0.3) is 0 Å². The zero-order chi connectivity index (χ0) is 59.2. The van der Waals surface area contributed by atoms with Crippen LogP contribution < -0.4 is 0 Å². The molecule has 0 amide bonds. The van der Waals surface area contributed by atoms with Crippen molar-refractivity contribution in [3.63, 3.8) is 0 Å². The number of unbranched alkanes of at least 4 members (excludes halogenated alkanes) is 61. The molecule has 0 aromatic carbocycles. The first kappa shape index (κ1) is 80.4. The maximum absolute atomic E-state index is 13.0. The van der Waals surface area contributed by atoms with E-state index in [-0.39, 0.29) is 31.1 Å². The smallest absolute Gasteiger partial charge is 0.306 e. The molecule has 0 fully saturated rings. The van der Waals surface area contributed by atoms with E-state index in [1.807, 2.05) is 0 Å². The fourth-order valence-electron chi connectivity index (χ4n) is 12.2. The molecule has 0 aromatic heterocycles. The molecule has 6 heteroatoms. The molecule has 1 atom stereocenters. The first-order valence-corrected chi connectivity index (χ1v) is 38.0. The molecular formula is C76H148O6. The Labute approximate surface area is 514 Å². The highest BCUT2D eigenvalue weighted by atomic mass is 16.6. The van der Waals surface area contributed by atoms with E-state index in [1.165, 1.54) is 353 Å². The van der Waals surface area contributed by atoms with Crippen molar-refractivity contribution in [3.05, 3.63) is 0 Å². The molecule has 0 bridgehead atoms. The Balaban J connectivity index is 4.22. The summed E-state index contributed by atoms with van der Waals surface area (Å²) < 4.78 is 17.1. The lowest BCUT2D eigenvalue weighted by Crippen LogP contribution is -2.30. The minimum absolute atomic E-state index is 0.0598. The van der Waals surface area contributed by atoms with Gasteiger partial charge in [-0.15, -0.1) is 0 Å². The van der Waals surface area contributed by atoms with E-state index in [0.717, 1.165) is 57.8 Å². The normalized spacial score (nSPS) is 11.9. The van der Waals surface area contributed by atoms with E-state index in [9.17, 15) is 14.4 Å². The predicted octanol–water partition coefficient (Wildman–Crippen LogP) is 26.2. The molecule has 1 unspecified atom stereocenters. The van der Waals surface area contributed by atoms with Gasteiger partial charge in [-0.2, -0.15) is 0 Å². The number of carbonyl (C=O) groups excluding carboxylic acids is 3. The summed E-state index contributed by atoms with van der Waals surface area (Å²) in [5.41, 5.74) is 0. The van der Waals surface area contributed by atoms with Crippen LogP contribution in [0.1, 0.15) is 451 Å².